The van der Waals surface area contributed by atoms with Crippen molar-refractivity contribution in [1.82, 2.24) is 14.5 Å². The van der Waals surface area contributed by atoms with Crippen LogP contribution in [0.4, 0.5) is 5.69 Å². The van der Waals surface area contributed by atoms with E-state index in [4.69, 9.17) is 4.98 Å². The van der Waals surface area contributed by atoms with Gasteiger partial charge in [0.1, 0.15) is 5.52 Å². The average molecular weight is 481 g/mol. The number of nitrogens with one attached hydrogen (secondary N) is 2. The highest BCUT2D eigenvalue weighted by molar-refractivity contribution is 7.99. The standard InChI is InChI=1S/C28H24N4O2S/c1-19-12-14-22(15-13-19)29-25(33)18-35-28-31-24-16-23(21-10-6-3-7-11-21)30-26(24)27(34)32(28)17-20-8-4-2-5-9-20/h2-16,30H,17-18H2,1H3,(H,29,33). The van der Waals surface area contributed by atoms with E-state index in [2.05, 4.69) is 10.3 Å². The molecule has 0 bridgehead atoms. The third kappa shape index (κ3) is 5.20. The number of fused-ring (bicyclic) bond motifs is 1. The molecule has 5 aromatic rings. The van der Waals surface area contributed by atoms with Crippen molar-refractivity contribution < 1.29 is 4.79 Å². The second kappa shape index (κ2) is 10.0. The lowest BCUT2D eigenvalue weighted by atomic mass is 10.2. The lowest BCUT2D eigenvalue weighted by molar-refractivity contribution is -0.113. The predicted molar refractivity (Wildman–Crippen MR) is 142 cm³/mol. The fourth-order valence-corrected chi connectivity index (χ4v) is 4.63. The molecule has 5 rings (SSSR count). The maximum absolute atomic E-state index is 13.5. The molecular weight excluding hydrogens is 456 g/mol. The molecule has 2 N–H and O–H groups in total. The molecule has 174 valence electrons. The number of hydrogen-bond acceptors (Lipinski definition) is 4. The molecule has 0 fully saturated rings. The van der Waals surface area contributed by atoms with Gasteiger partial charge >= 0.3 is 0 Å². The van der Waals surface area contributed by atoms with E-state index in [-0.39, 0.29) is 17.2 Å². The molecule has 2 heterocycles. The highest BCUT2D eigenvalue weighted by Crippen LogP contribution is 2.24. The summed E-state index contributed by atoms with van der Waals surface area (Å²) in [5.74, 6) is -0.0187. The van der Waals surface area contributed by atoms with Gasteiger partial charge in [0.2, 0.25) is 5.91 Å². The maximum atomic E-state index is 13.5. The number of rotatable bonds is 7. The number of thioether (sulfide) groups is 1. The van der Waals surface area contributed by atoms with Gasteiger partial charge in [-0.25, -0.2) is 4.98 Å². The van der Waals surface area contributed by atoms with Crippen LogP contribution in [-0.4, -0.2) is 26.2 Å². The van der Waals surface area contributed by atoms with E-state index in [0.717, 1.165) is 28.1 Å². The summed E-state index contributed by atoms with van der Waals surface area (Å²) < 4.78 is 1.63. The summed E-state index contributed by atoms with van der Waals surface area (Å²) in [6, 6.07) is 29.1. The number of aromatic nitrogens is 3. The number of carbonyl (C=O) groups is 1. The van der Waals surface area contributed by atoms with Gasteiger partial charge in [0.25, 0.3) is 5.56 Å². The molecule has 0 aliphatic rings. The van der Waals surface area contributed by atoms with Crippen LogP contribution in [0.1, 0.15) is 11.1 Å². The van der Waals surface area contributed by atoms with Crippen molar-refractivity contribution in [3.63, 3.8) is 0 Å². The van der Waals surface area contributed by atoms with Crippen LogP contribution in [0.5, 0.6) is 0 Å². The number of hydrogen-bond donors (Lipinski definition) is 2. The van der Waals surface area contributed by atoms with Crippen molar-refractivity contribution in [2.45, 2.75) is 18.6 Å². The van der Waals surface area contributed by atoms with Gasteiger partial charge in [-0.3, -0.25) is 14.2 Å². The van der Waals surface area contributed by atoms with Crippen LogP contribution in [-0.2, 0) is 11.3 Å². The maximum Gasteiger partial charge on any atom is 0.278 e. The van der Waals surface area contributed by atoms with Crippen molar-refractivity contribution in [3.8, 4) is 11.3 Å². The first-order chi connectivity index (χ1) is 17.1. The number of benzene rings is 3. The number of aryl methyl sites for hydroxylation is 1. The Kier molecular flexibility index (Phi) is 6.50. The van der Waals surface area contributed by atoms with Gasteiger partial charge < -0.3 is 10.3 Å². The van der Waals surface area contributed by atoms with E-state index in [9.17, 15) is 9.59 Å². The minimum Gasteiger partial charge on any atom is -0.349 e. The molecule has 0 aliphatic carbocycles. The highest BCUT2D eigenvalue weighted by Gasteiger charge is 2.16. The van der Waals surface area contributed by atoms with Gasteiger partial charge in [-0.1, -0.05) is 90.1 Å². The molecule has 0 saturated heterocycles. The molecule has 1 amide bonds. The van der Waals surface area contributed by atoms with Gasteiger partial charge in [0.05, 0.1) is 17.8 Å². The SMILES string of the molecule is Cc1ccc(NC(=O)CSc2nc3cc(-c4ccccc4)[nH]c3c(=O)n2Cc2ccccc2)cc1. The second-order valence-electron chi connectivity index (χ2n) is 8.28. The summed E-state index contributed by atoms with van der Waals surface area (Å²) >= 11 is 1.26. The summed E-state index contributed by atoms with van der Waals surface area (Å²) in [6.45, 7) is 2.36. The molecular formula is C28H24N4O2S. The number of nitrogens with zero attached hydrogens (tertiary/aromatic N) is 2. The van der Waals surface area contributed by atoms with Crippen LogP contribution in [0.15, 0.2) is 101 Å². The number of carbonyl (C=O) groups excluding carboxylic acids is 1. The molecule has 3 aromatic carbocycles. The molecule has 0 unspecified atom stereocenters. The Hall–Kier alpha value is -4.10. The van der Waals surface area contributed by atoms with E-state index in [0.29, 0.717) is 22.7 Å². The smallest absolute Gasteiger partial charge is 0.278 e. The van der Waals surface area contributed by atoms with Crippen molar-refractivity contribution in [3.05, 3.63) is 112 Å². The summed E-state index contributed by atoms with van der Waals surface area (Å²) in [5.41, 5.74) is 5.53. The quantitative estimate of drug-likeness (QED) is 0.239. The summed E-state index contributed by atoms with van der Waals surface area (Å²) in [4.78, 5) is 34.2. The Morgan fingerprint density at radius 1 is 0.971 bits per heavy atom. The summed E-state index contributed by atoms with van der Waals surface area (Å²) in [5, 5.41) is 3.41. The zero-order valence-electron chi connectivity index (χ0n) is 19.2. The minimum atomic E-state index is -0.164. The van der Waals surface area contributed by atoms with Gasteiger partial charge in [0.15, 0.2) is 5.16 Å². The van der Waals surface area contributed by atoms with Crippen molar-refractivity contribution >= 4 is 34.4 Å². The fourth-order valence-electron chi connectivity index (χ4n) is 3.83. The highest BCUT2D eigenvalue weighted by atomic mass is 32.2. The predicted octanol–water partition coefficient (Wildman–Crippen LogP) is 5.48. The number of anilines is 1. The fraction of sp³-hybridized carbons (Fsp3) is 0.107. The van der Waals surface area contributed by atoms with Crippen LogP contribution in [0, 0.1) is 6.92 Å². The third-order valence-corrected chi connectivity index (χ3v) is 6.62. The minimum absolute atomic E-state index is 0.135. The van der Waals surface area contributed by atoms with E-state index in [1.807, 2.05) is 97.9 Å². The Balaban J connectivity index is 1.47. The van der Waals surface area contributed by atoms with E-state index >= 15 is 0 Å². The van der Waals surface area contributed by atoms with Crippen LogP contribution in [0.2, 0.25) is 0 Å². The van der Waals surface area contributed by atoms with Crippen LogP contribution >= 0.6 is 11.8 Å². The Morgan fingerprint density at radius 2 is 1.66 bits per heavy atom. The Morgan fingerprint density at radius 3 is 2.37 bits per heavy atom. The molecule has 6 nitrogen and oxygen atoms in total. The zero-order valence-corrected chi connectivity index (χ0v) is 20.0. The second-order valence-corrected chi connectivity index (χ2v) is 9.23. The normalized spacial score (nSPS) is 11.0. The Bertz CT molecular complexity index is 1530. The molecule has 0 saturated carbocycles. The number of aromatic amines is 1. The van der Waals surface area contributed by atoms with E-state index in [1.54, 1.807) is 4.57 Å². The molecule has 2 aromatic heterocycles. The van der Waals surface area contributed by atoms with Gasteiger partial charge in [-0.2, -0.15) is 0 Å². The van der Waals surface area contributed by atoms with Gasteiger partial charge in [-0.05, 0) is 36.2 Å². The van der Waals surface area contributed by atoms with Crippen LogP contribution in [0.3, 0.4) is 0 Å². The van der Waals surface area contributed by atoms with Crippen molar-refractivity contribution in [2.75, 3.05) is 11.1 Å². The summed E-state index contributed by atoms with van der Waals surface area (Å²) in [7, 11) is 0. The van der Waals surface area contributed by atoms with E-state index < -0.39 is 0 Å². The first-order valence-corrected chi connectivity index (χ1v) is 12.3. The first kappa shape index (κ1) is 22.7. The number of H-pyrrole nitrogens is 1. The van der Waals surface area contributed by atoms with Gasteiger partial charge in [0, 0.05) is 11.4 Å². The van der Waals surface area contributed by atoms with Crippen molar-refractivity contribution in [2.24, 2.45) is 0 Å². The van der Waals surface area contributed by atoms with Crippen LogP contribution < -0.4 is 10.9 Å². The van der Waals surface area contributed by atoms with E-state index in [1.165, 1.54) is 11.8 Å². The van der Waals surface area contributed by atoms with Gasteiger partial charge in [-0.15, -0.1) is 0 Å². The monoisotopic (exact) mass is 480 g/mol. The average Bonchev–Trinajstić information content (AvgIpc) is 3.32. The lowest BCUT2D eigenvalue weighted by Gasteiger charge is -2.12. The Labute approximate surface area is 207 Å². The molecule has 0 aliphatic heterocycles. The third-order valence-electron chi connectivity index (χ3n) is 5.64. The summed E-state index contributed by atoms with van der Waals surface area (Å²) in [6.07, 6.45) is 0. The first-order valence-electron chi connectivity index (χ1n) is 11.3. The topological polar surface area (TPSA) is 79.8 Å². The number of amides is 1. The molecule has 35 heavy (non-hydrogen) atoms. The molecule has 0 atom stereocenters. The molecule has 7 heteroatoms. The largest absolute Gasteiger partial charge is 0.349 e. The molecule has 0 radical (unpaired) electrons. The van der Waals surface area contributed by atoms with Crippen molar-refractivity contribution in [1.29, 1.82) is 0 Å². The molecule has 0 spiro atoms. The lowest BCUT2D eigenvalue weighted by Crippen LogP contribution is -2.25. The zero-order chi connectivity index (χ0) is 24.2. The van der Waals surface area contributed by atoms with Crippen LogP contribution in [0.25, 0.3) is 22.3 Å².